The number of anilines is 1. The Morgan fingerprint density at radius 2 is 1.72 bits per heavy atom. The maximum atomic E-state index is 14.4. The number of hydrogen-bond donors (Lipinski definition) is 1. The van der Waals surface area contributed by atoms with Crippen molar-refractivity contribution in [2.45, 2.75) is 62.1 Å². The highest BCUT2D eigenvalue weighted by Gasteiger charge is 2.73. The zero-order chi connectivity index (χ0) is 27.9. The molecule has 1 N–H and O–H groups in total. The lowest BCUT2D eigenvalue weighted by atomic mass is 9.74. The van der Waals surface area contributed by atoms with Crippen LogP contribution in [0, 0.1) is 11.8 Å². The smallest absolute Gasteiger partial charge is 0.247 e. The van der Waals surface area contributed by atoms with Crippen LogP contribution in [0.1, 0.15) is 40.5 Å². The van der Waals surface area contributed by atoms with Crippen LogP contribution in [-0.2, 0) is 14.4 Å². The van der Waals surface area contributed by atoms with E-state index in [9.17, 15) is 19.5 Å². The molecule has 210 valence electrons. The number of aliphatic hydroxyl groups excluding tert-OH is 1. The minimum absolute atomic E-state index is 0.0186. The number of aliphatic hydroxyl groups is 1. The third kappa shape index (κ3) is 4.47. The summed E-state index contributed by atoms with van der Waals surface area (Å²) in [6.45, 7) is 9.80. The fourth-order valence-electron chi connectivity index (χ4n) is 6.76. The van der Waals surface area contributed by atoms with Gasteiger partial charge in [0.15, 0.2) is 0 Å². The maximum Gasteiger partial charge on any atom is 0.247 e. The SMILES string of the molecule is CCOc1ccc(N2CC=C[C@@]3(C)S[C@]45C=CCN(C(C)C)C(=O)C4N(CCCCO)C(=O)[C@@H]5[C@H]3C2=O)cc1. The van der Waals surface area contributed by atoms with Gasteiger partial charge in [0, 0.05) is 42.7 Å². The van der Waals surface area contributed by atoms with Crippen LogP contribution in [0.2, 0.25) is 0 Å². The highest BCUT2D eigenvalue weighted by Crippen LogP contribution is 2.65. The largest absolute Gasteiger partial charge is 0.494 e. The van der Waals surface area contributed by atoms with Gasteiger partial charge < -0.3 is 24.5 Å². The Bertz CT molecular complexity index is 1180. The number of carbonyl (C=O) groups is 3. The highest BCUT2D eigenvalue weighted by atomic mass is 32.2. The molecule has 4 aliphatic rings. The van der Waals surface area contributed by atoms with Crippen molar-refractivity contribution in [1.29, 1.82) is 0 Å². The fourth-order valence-corrected chi connectivity index (χ4v) is 8.92. The van der Waals surface area contributed by atoms with Crippen molar-refractivity contribution in [3.8, 4) is 5.75 Å². The summed E-state index contributed by atoms with van der Waals surface area (Å²) in [6.07, 6.45) is 9.30. The second-order valence-electron chi connectivity index (χ2n) is 11.2. The van der Waals surface area contributed by atoms with E-state index in [4.69, 9.17) is 4.74 Å². The second kappa shape index (κ2) is 10.7. The first-order valence-corrected chi connectivity index (χ1v) is 14.8. The molecule has 5 rings (SSSR count). The van der Waals surface area contributed by atoms with Crippen molar-refractivity contribution < 1.29 is 24.2 Å². The topological polar surface area (TPSA) is 90.4 Å². The Hall–Kier alpha value is -2.78. The van der Waals surface area contributed by atoms with Gasteiger partial charge in [-0.3, -0.25) is 14.4 Å². The minimum atomic E-state index is -0.849. The molecule has 1 aromatic carbocycles. The molecular formula is C30H39N3O5S. The second-order valence-corrected chi connectivity index (χ2v) is 13.0. The van der Waals surface area contributed by atoms with Crippen LogP contribution in [0.3, 0.4) is 0 Å². The Kier molecular flexibility index (Phi) is 7.59. The van der Waals surface area contributed by atoms with Crippen LogP contribution >= 0.6 is 11.8 Å². The van der Waals surface area contributed by atoms with E-state index >= 15 is 0 Å². The van der Waals surface area contributed by atoms with Gasteiger partial charge in [0.25, 0.3) is 0 Å². The number of rotatable bonds is 8. The molecular weight excluding hydrogens is 514 g/mol. The van der Waals surface area contributed by atoms with Gasteiger partial charge in [-0.25, -0.2) is 0 Å². The maximum absolute atomic E-state index is 14.4. The Morgan fingerprint density at radius 3 is 2.38 bits per heavy atom. The van der Waals surface area contributed by atoms with E-state index in [0.29, 0.717) is 39.1 Å². The summed E-state index contributed by atoms with van der Waals surface area (Å²) in [4.78, 5) is 48.2. The Balaban J connectivity index is 1.57. The van der Waals surface area contributed by atoms with Gasteiger partial charge in [0.2, 0.25) is 17.7 Å². The molecule has 8 nitrogen and oxygen atoms in total. The quantitative estimate of drug-likeness (QED) is 0.393. The first kappa shape index (κ1) is 27.8. The van der Waals surface area contributed by atoms with Crippen LogP contribution in [0.25, 0.3) is 0 Å². The van der Waals surface area contributed by atoms with Gasteiger partial charge in [-0.15, -0.1) is 11.8 Å². The third-order valence-electron chi connectivity index (χ3n) is 8.48. The average Bonchev–Trinajstić information content (AvgIpc) is 3.15. The number of hydrogen-bond acceptors (Lipinski definition) is 6. The first-order chi connectivity index (χ1) is 18.7. The summed E-state index contributed by atoms with van der Waals surface area (Å²) in [5.74, 6) is -0.868. The number of benzene rings is 1. The fraction of sp³-hybridized carbons (Fsp3) is 0.567. The molecule has 1 spiro atoms. The van der Waals surface area contributed by atoms with Crippen molar-refractivity contribution >= 4 is 35.2 Å². The summed E-state index contributed by atoms with van der Waals surface area (Å²) in [5.41, 5.74) is 0.753. The number of nitrogens with zero attached hydrogens (tertiary/aromatic N) is 3. The molecule has 2 fully saturated rings. The van der Waals surface area contributed by atoms with Crippen molar-refractivity contribution in [2.75, 3.05) is 37.7 Å². The van der Waals surface area contributed by atoms with E-state index in [1.54, 1.807) is 21.6 Å². The van der Waals surface area contributed by atoms with Gasteiger partial charge >= 0.3 is 0 Å². The Labute approximate surface area is 235 Å². The van der Waals surface area contributed by atoms with Crippen LogP contribution in [0.5, 0.6) is 5.75 Å². The van der Waals surface area contributed by atoms with Crippen molar-refractivity contribution in [3.63, 3.8) is 0 Å². The van der Waals surface area contributed by atoms with E-state index in [1.807, 2.05) is 69.0 Å². The molecule has 0 aliphatic carbocycles. The summed E-state index contributed by atoms with van der Waals surface area (Å²) >= 11 is 1.60. The molecule has 2 saturated heterocycles. The standard InChI is InChI=1S/C30H39N3O5S/c1-5-38-22-12-10-21(11-13-22)32-18-8-14-29(4)23(26(32)35)24-27(36)33(16-6-7-19-34)25-28(37)31(20(2)3)17-9-15-30(24,25)39-29/h8-15,20,23-25,34H,5-7,16-19H2,1-4H3/t23-,24-,25?,29+,30-/m0/s1. The lowest BCUT2D eigenvalue weighted by Gasteiger charge is -2.37. The van der Waals surface area contributed by atoms with Crippen molar-refractivity contribution in [1.82, 2.24) is 9.80 Å². The summed E-state index contributed by atoms with van der Waals surface area (Å²) in [7, 11) is 0. The molecule has 0 radical (unpaired) electrons. The third-order valence-corrected chi connectivity index (χ3v) is 10.3. The summed E-state index contributed by atoms with van der Waals surface area (Å²) < 4.78 is 4.09. The number of thioether (sulfide) groups is 1. The van der Waals surface area contributed by atoms with Crippen LogP contribution < -0.4 is 9.64 Å². The van der Waals surface area contributed by atoms with E-state index in [-0.39, 0.29) is 30.4 Å². The highest BCUT2D eigenvalue weighted by molar-refractivity contribution is 8.02. The van der Waals surface area contributed by atoms with Crippen molar-refractivity contribution in [2.24, 2.45) is 11.8 Å². The zero-order valence-electron chi connectivity index (χ0n) is 23.2. The van der Waals surface area contributed by atoms with Gasteiger partial charge in [-0.1, -0.05) is 24.3 Å². The monoisotopic (exact) mass is 553 g/mol. The lowest BCUT2D eigenvalue weighted by Crippen LogP contribution is -2.54. The average molecular weight is 554 g/mol. The van der Waals surface area contributed by atoms with Gasteiger partial charge in [0.05, 0.1) is 23.2 Å². The minimum Gasteiger partial charge on any atom is -0.494 e. The Morgan fingerprint density at radius 1 is 1.00 bits per heavy atom. The number of likely N-dealkylation sites (tertiary alicyclic amines) is 1. The molecule has 1 aromatic rings. The predicted octanol–water partition coefficient (Wildman–Crippen LogP) is 3.25. The van der Waals surface area contributed by atoms with E-state index in [0.717, 1.165) is 11.4 Å². The normalized spacial score (nSPS) is 31.9. The van der Waals surface area contributed by atoms with E-state index in [1.165, 1.54) is 0 Å². The molecule has 9 heteroatoms. The number of unbranched alkanes of at least 4 members (excludes halogenated alkanes) is 1. The summed E-state index contributed by atoms with van der Waals surface area (Å²) in [5, 5.41) is 9.39. The molecule has 39 heavy (non-hydrogen) atoms. The molecule has 5 atom stereocenters. The molecule has 4 heterocycles. The molecule has 3 amide bonds. The van der Waals surface area contributed by atoms with Crippen LogP contribution in [0.4, 0.5) is 5.69 Å². The lowest BCUT2D eigenvalue weighted by molar-refractivity contribution is -0.143. The van der Waals surface area contributed by atoms with E-state index < -0.39 is 27.4 Å². The van der Waals surface area contributed by atoms with Gasteiger partial charge in [0.1, 0.15) is 11.8 Å². The number of carbonyl (C=O) groups excluding carboxylic acids is 3. The number of fused-ring (bicyclic) bond motifs is 2. The molecule has 4 aliphatic heterocycles. The van der Waals surface area contributed by atoms with Crippen LogP contribution in [0.15, 0.2) is 48.6 Å². The van der Waals surface area contributed by atoms with Gasteiger partial charge in [-0.05, 0) is 64.8 Å². The zero-order valence-corrected chi connectivity index (χ0v) is 24.0. The molecule has 0 aromatic heterocycles. The predicted molar refractivity (Wildman–Crippen MR) is 153 cm³/mol. The van der Waals surface area contributed by atoms with Crippen molar-refractivity contribution in [3.05, 3.63) is 48.6 Å². The number of ether oxygens (including phenoxy) is 1. The number of amides is 3. The first-order valence-electron chi connectivity index (χ1n) is 14.0. The summed E-state index contributed by atoms with van der Waals surface area (Å²) in [6, 6.07) is 6.77. The van der Waals surface area contributed by atoms with E-state index in [2.05, 4.69) is 12.2 Å². The molecule has 0 bridgehead atoms. The molecule has 1 unspecified atom stereocenters. The van der Waals surface area contributed by atoms with Gasteiger partial charge in [-0.2, -0.15) is 0 Å². The molecule has 0 saturated carbocycles. The van der Waals surface area contributed by atoms with Crippen LogP contribution in [-0.4, -0.2) is 87.1 Å².